The number of cyclic esters (lactones) is 1. The summed E-state index contributed by atoms with van der Waals surface area (Å²) in [6.45, 7) is 12.3. The molecule has 3 saturated carbocycles. The van der Waals surface area contributed by atoms with Crippen LogP contribution in [-0.4, -0.2) is 236 Å². The first-order valence-corrected chi connectivity index (χ1v) is 32.8. The molecule has 90 heavy (non-hydrogen) atoms. The number of Topliss-reactive ketones (excluding diaryl/α,β-unsaturated/α-hetero) is 2. The Morgan fingerprint density at radius 2 is 1.30 bits per heavy atom. The van der Waals surface area contributed by atoms with Gasteiger partial charge in [0.2, 0.25) is 31.2 Å². The van der Waals surface area contributed by atoms with Crippen LogP contribution in [-0.2, 0) is 105 Å². The molecule has 26 atom stereocenters. The molecule has 5 heterocycles. The van der Waals surface area contributed by atoms with Crippen LogP contribution in [0.3, 0.4) is 0 Å². The van der Waals surface area contributed by atoms with E-state index in [1.165, 1.54) is 6.92 Å². The molecule has 9 rings (SSSR count). The van der Waals surface area contributed by atoms with Crippen molar-refractivity contribution in [3.63, 3.8) is 0 Å². The Morgan fingerprint density at radius 1 is 0.700 bits per heavy atom. The van der Waals surface area contributed by atoms with E-state index < -0.39 is 207 Å². The van der Waals surface area contributed by atoms with Crippen LogP contribution in [0.4, 0.5) is 0 Å². The average molecular weight is 1430 g/mol. The Balaban J connectivity index is 0.00000430. The molecule has 9 aliphatic rings. The first-order chi connectivity index (χ1) is 40.2. The molecule has 0 aromatic carbocycles. The zero-order valence-electron chi connectivity index (χ0n) is 52.2. The number of hydrogen-bond donors (Lipinski definition) is 6. The second kappa shape index (κ2) is 30.6. The van der Waals surface area contributed by atoms with Crippen molar-refractivity contribution in [1.82, 2.24) is 0 Å². The Hall–Kier alpha value is 2.47. The van der Waals surface area contributed by atoms with Gasteiger partial charge in [0, 0.05) is 31.8 Å². The van der Waals surface area contributed by atoms with Gasteiger partial charge in [-0.25, -0.2) is 25.3 Å². The van der Waals surface area contributed by atoms with Crippen molar-refractivity contribution >= 4 is 48.7 Å². The van der Waals surface area contributed by atoms with Crippen molar-refractivity contribution in [2.24, 2.45) is 45.3 Å². The number of ether oxygens (including phenoxy) is 10. The molecule has 8 fully saturated rings. The number of carbonyl (C=O) groups excluding carboxylic acids is 3. The van der Waals surface area contributed by atoms with Crippen molar-refractivity contribution in [3.05, 3.63) is 11.6 Å². The third-order valence-corrected chi connectivity index (χ3v) is 21.4. The molecular weight excluding hydrogens is 1350 g/mol. The normalized spacial score (nSPS) is 45.1. The molecule has 0 bridgehead atoms. The summed E-state index contributed by atoms with van der Waals surface area (Å²) in [5.41, 5.74) is -3.50. The molecule has 0 radical (unpaired) electrons. The first-order valence-electron chi connectivity index (χ1n) is 28.8. The van der Waals surface area contributed by atoms with Gasteiger partial charge in [-0.15, -0.1) is 0 Å². The number of aliphatic hydroxyl groups is 6. The molecule has 31 nitrogen and oxygen atoms in total. The summed E-state index contributed by atoms with van der Waals surface area (Å²) >= 11 is 0. The summed E-state index contributed by atoms with van der Waals surface area (Å²) in [5, 5.41) is 67.9. The number of fused-ring (bicyclic) bond motifs is 4. The second-order valence-electron chi connectivity index (χ2n) is 26.3. The summed E-state index contributed by atoms with van der Waals surface area (Å²) < 4.78 is 178. The van der Waals surface area contributed by atoms with Crippen molar-refractivity contribution in [2.45, 2.75) is 229 Å². The van der Waals surface area contributed by atoms with Crippen molar-refractivity contribution in [2.75, 3.05) is 26.9 Å². The quantitative estimate of drug-likeness (QED) is 0.0217. The Kier molecular flexibility index (Phi) is 27.7. The molecular formula is C53H79K3O31S3. The van der Waals surface area contributed by atoms with Crippen LogP contribution in [0.25, 0.3) is 0 Å². The predicted octanol–water partition coefficient (Wildman–Crippen LogP) is -10.8. The maximum atomic E-state index is 14.4. The van der Waals surface area contributed by atoms with Gasteiger partial charge in [-0.3, -0.25) is 26.9 Å². The Labute approximate surface area is 650 Å². The topological polar surface area (TPSA) is 464 Å². The van der Waals surface area contributed by atoms with Gasteiger partial charge in [0.05, 0.1) is 43.4 Å². The maximum Gasteiger partial charge on any atom is 1.00 e. The van der Waals surface area contributed by atoms with E-state index in [2.05, 4.69) is 21.4 Å². The minimum absolute atomic E-state index is 0. The molecule has 5 aliphatic heterocycles. The molecule has 5 saturated heterocycles. The van der Waals surface area contributed by atoms with Gasteiger partial charge in [-0.1, -0.05) is 53.2 Å². The number of hydrogen-bond acceptors (Lipinski definition) is 31. The zero-order valence-corrected chi connectivity index (χ0v) is 64.1. The second-order valence-corrected chi connectivity index (χ2v) is 29.4. The molecule has 1 spiro atoms. The van der Waals surface area contributed by atoms with Crippen LogP contribution in [0.5, 0.6) is 0 Å². The predicted molar refractivity (Wildman–Crippen MR) is 281 cm³/mol. The minimum Gasteiger partial charge on any atom is -0.726 e. The summed E-state index contributed by atoms with van der Waals surface area (Å²) in [4.78, 5) is 42.0. The van der Waals surface area contributed by atoms with E-state index in [9.17, 15) is 83.9 Å². The van der Waals surface area contributed by atoms with Crippen LogP contribution >= 0.6 is 0 Å². The molecule has 0 amide bonds. The maximum absolute atomic E-state index is 14.4. The minimum atomic E-state index is -5.81. The molecule has 0 aromatic heterocycles. The summed E-state index contributed by atoms with van der Waals surface area (Å²) in [7, 11) is -15.7. The molecule has 6 N–H and O–H groups in total. The van der Waals surface area contributed by atoms with Crippen molar-refractivity contribution in [3.8, 4) is 0 Å². The fraction of sp³-hybridized carbons (Fsp3) is 0.906. The smallest absolute Gasteiger partial charge is 0.726 e. The Bertz CT molecular complexity index is 2960. The first kappa shape index (κ1) is 81.4. The molecule has 0 aromatic rings. The molecule has 0 unspecified atom stereocenters. The van der Waals surface area contributed by atoms with Crippen molar-refractivity contribution < 1.29 is 298 Å². The van der Waals surface area contributed by atoms with Gasteiger partial charge in [0.25, 0.3) is 0 Å². The van der Waals surface area contributed by atoms with Crippen LogP contribution in [0, 0.1) is 45.3 Å². The van der Waals surface area contributed by atoms with Gasteiger partial charge in [-0.2, -0.15) is 0 Å². The molecule has 37 heteroatoms. The van der Waals surface area contributed by atoms with E-state index in [0.717, 1.165) is 12.7 Å². The van der Waals surface area contributed by atoms with Crippen LogP contribution in [0.15, 0.2) is 11.6 Å². The monoisotopic (exact) mass is 1420 g/mol. The van der Waals surface area contributed by atoms with E-state index in [1.807, 2.05) is 34.6 Å². The van der Waals surface area contributed by atoms with E-state index in [4.69, 9.17) is 51.6 Å². The van der Waals surface area contributed by atoms with E-state index in [-0.39, 0.29) is 203 Å². The van der Waals surface area contributed by atoms with E-state index >= 15 is 0 Å². The fourth-order valence-corrected chi connectivity index (χ4v) is 17.5. The molecule has 4 aliphatic carbocycles. The third-order valence-electron chi connectivity index (χ3n) is 20.0. The van der Waals surface area contributed by atoms with E-state index in [1.54, 1.807) is 6.92 Å². The number of aliphatic hydroxyl groups excluding tert-OH is 6. The van der Waals surface area contributed by atoms with Gasteiger partial charge >= 0.3 is 160 Å². The van der Waals surface area contributed by atoms with Crippen LogP contribution in [0.2, 0.25) is 0 Å². The number of rotatable bonds is 20. The van der Waals surface area contributed by atoms with Gasteiger partial charge < -0.3 is 91.7 Å². The van der Waals surface area contributed by atoms with Gasteiger partial charge in [0.15, 0.2) is 31.3 Å². The number of esters is 1. The molecule has 498 valence electrons. The Morgan fingerprint density at radius 3 is 1.91 bits per heavy atom. The van der Waals surface area contributed by atoms with Gasteiger partial charge in [-0.05, 0) is 74.5 Å². The number of carbonyl (C=O) groups is 3. The van der Waals surface area contributed by atoms with E-state index in [0.29, 0.717) is 32.1 Å². The average Bonchev–Trinajstić information content (AvgIpc) is 1.46. The third kappa shape index (κ3) is 16.2. The largest absolute Gasteiger partial charge is 1.00 e. The number of ketones is 2. The van der Waals surface area contributed by atoms with Crippen molar-refractivity contribution in [1.29, 1.82) is 0 Å². The van der Waals surface area contributed by atoms with Gasteiger partial charge in [0.1, 0.15) is 90.4 Å². The number of methoxy groups -OCH3 is 1. The summed E-state index contributed by atoms with van der Waals surface area (Å²) in [5.74, 6) is -1.58. The van der Waals surface area contributed by atoms with Crippen LogP contribution in [0.1, 0.15) is 107 Å². The standard InChI is InChI=1S/C53H82O31S3.3K/c1-22(2)16-24(54)17-52(8)43-27(55)18-51(7)26-10-11-31-49(4,5)32(13-14-50(31,6)25(26)12-15-53(43,51)48(62)82-52)78-46-41(34(58)30(20-74-46)83-86(66,67)68)81-44-36(60)35(59)38(23(3)76-44)79-47-42(84-87(69,70)71)39(28(56)19-73-47)80-45-37(61)40(72-9)33(57)29(77-45)21-75-85(63,64)65;;;/h10,22-23,25,28-47,56-61H,11-21H2,1-9H3,(H,63,64,65)(H,66,67,68)(H,69,70,71);;;/q;3*+1/p-3/t23-,25+,28-,29-,30-,31+,32+,33-,34+,35-,36-,37-,38-,39+,40+,41-,42-,43-,44+,45+,46+,47+,50-,51+,52+,53-;;;/m1.../s1. The summed E-state index contributed by atoms with van der Waals surface area (Å²) in [6, 6.07) is 0. The van der Waals surface area contributed by atoms with Crippen LogP contribution < -0.4 is 154 Å². The SMILES string of the molecule is CO[C@@H]1[C@@H](O)[C@H](O[C@@H]2[C@@H](OS(=O)(=O)[O-])[C@H](O[C@H]3[C@H](O)[C@@H](O)[C@H](O[C@H]4[C@H](O[C@H]5CC[C@]6(C)[C@H]7CC[C@]89C(=O)O[C@@](C)(CC(=O)CC(C)C)[C@H]8C(=O)C[C@@]9(C)C7=CC[C@H]6C5(C)C)OC[C@@H](OS(=O)(=O)[O-])[C@@H]4O)O[C@@H]3C)OC[C@H]2O)O[C@H](COS(=O)(=O)[O-])[C@H]1O.[K+].[K+].[K+]. The number of allylic oxidation sites excluding steroid dienone is 2. The fourth-order valence-electron chi connectivity index (χ4n) is 16.3. The zero-order chi connectivity index (χ0) is 64.3. The summed E-state index contributed by atoms with van der Waals surface area (Å²) in [6.07, 6.45) is -31.1.